The van der Waals surface area contributed by atoms with Gasteiger partial charge in [0.2, 0.25) is 0 Å². The number of carbonyl (C=O) groups is 1. The fraction of sp³-hybridized carbons (Fsp3) is 0.278. The first-order valence-electron chi connectivity index (χ1n) is 7.14. The molecule has 2 aromatic carbocycles. The molecule has 0 bridgehead atoms. The number of hydrogen-bond donors (Lipinski definition) is 0. The second kappa shape index (κ2) is 7.90. The third-order valence-electron chi connectivity index (χ3n) is 3.35. The van der Waals surface area contributed by atoms with Crippen LogP contribution < -0.4 is 9.47 Å². The van der Waals surface area contributed by atoms with Crippen molar-refractivity contribution in [2.45, 2.75) is 12.2 Å². The summed E-state index contributed by atoms with van der Waals surface area (Å²) in [6.45, 7) is 2.04. The summed E-state index contributed by atoms with van der Waals surface area (Å²) in [5.74, 6) is 2.19. The number of Topliss-reactive ketones (excluding diaryl/α,β-unsaturated/α-hetero) is 1. The normalized spacial score (nSPS) is 11.8. The van der Waals surface area contributed by atoms with Gasteiger partial charge < -0.3 is 9.47 Å². The minimum Gasteiger partial charge on any atom is -0.493 e. The first-order chi connectivity index (χ1) is 10.7. The number of methoxy groups -OCH3 is 2. The lowest BCUT2D eigenvalue weighted by Gasteiger charge is -2.19. The summed E-state index contributed by atoms with van der Waals surface area (Å²) in [6, 6.07) is 15.0. The SMILES string of the molecule is CCSC(C(=O)c1ccccc1)c1cccc(OC)c1OC. The Morgan fingerprint density at radius 3 is 2.36 bits per heavy atom. The molecule has 0 heterocycles. The molecule has 0 saturated carbocycles. The second-order valence-corrected chi connectivity index (χ2v) is 6.03. The number of hydrogen-bond acceptors (Lipinski definition) is 4. The first-order valence-corrected chi connectivity index (χ1v) is 8.19. The van der Waals surface area contributed by atoms with Gasteiger partial charge in [-0.05, 0) is 11.8 Å². The van der Waals surface area contributed by atoms with Crippen LogP contribution in [0.5, 0.6) is 11.5 Å². The van der Waals surface area contributed by atoms with Crippen molar-refractivity contribution in [3.05, 3.63) is 59.7 Å². The van der Waals surface area contributed by atoms with Crippen molar-refractivity contribution >= 4 is 17.5 Å². The van der Waals surface area contributed by atoms with Crippen molar-refractivity contribution in [3.63, 3.8) is 0 Å². The van der Waals surface area contributed by atoms with Crippen molar-refractivity contribution in [2.75, 3.05) is 20.0 Å². The molecule has 0 spiro atoms. The lowest BCUT2D eigenvalue weighted by molar-refractivity contribution is 0.0988. The molecule has 0 amide bonds. The van der Waals surface area contributed by atoms with Crippen LogP contribution in [0.2, 0.25) is 0 Å². The van der Waals surface area contributed by atoms with Gasteiger partial charge in [0.25, 0.3) is 0 Å². The van der Waals surface area contributed by atoms with Crippen LogP contribution in [0, 0.1) is 0 Å². The van der Waals surface area contributed by atoms with Crippen LogP contribution in [0.15, 0.2) is 48.5 Å². The van der Waals surface area contributed by atoms with Gasteiger partial charge in [0.05, 0.1) is 19.5 Å². The molecule has 0 N–H and O–H groups in total. The predicted octanol–water partition coefficient (Wildman–Crippen LogP) is 4.38. The lowest BCUT2D eigenvalue weighted by atomic mass is 10.0. The first kappa shape index (κ1) is 16.4. The smallest absolute Gasteiger partial charge is 0.180 e. The molecule has 116 valence electrons. The molecule has 1 atom stereocenters. The minimum absolute atomic E-state index is 0.0824. The Bertz CT molecular complexity index is 625. The molecule has 0 aromatic heterocycles. The maximum atomic E-state index is 12.9. The molecular formula is C18H20O3S. The molecule has 0 saturated heterocycles. The zero-order valence-corrected chi connectivity index (χ0v) is 13.9. The average molecular weight is 316 g/mol. The zero-order chi connectivity index (χ0) is 15.9. The number of ketones is 1. The Kier molecular flexibility index (Phi) is 5.90. The van der Waals surface area contributed by atoms with E-state index in [-0.39, 0.29) is 11.0 Å². The van der Waals surface area contributed by atoms with E-state index < -0.39 is 0 Å². The Morgan fingerprint density at radius 2 is 1.77 bits per heavy atom. The van der Waals surface area contributed by atoms with Gasteiger partial charge in [0.15, 0.2) is 17.3 Å². The van der Waals surface area contributed by atoms with Gasteiger partial charge in [0, 0.05) is 11.1 Å². The van der Waals surface area contributed by atoms with Gasteiger partial charge in [-0.2, -0.15) is 0 Å². The van der Waals surface area contributed by atoms with E-state index in [9.17, 15) is 4.79 Å². The monoisotopic (exact) mass is 316 g/mol. The largest absolute Gasteiger partial charge is 0.493 e. The number of para-hydroxylation sites is 1. The topological polar surface area (TPSA) is 35.5 Å². The summed E-state index contributed by atoms with van der Waals surface area (Å²) in [6.07, 6.45) is 0. The molecule has 2 aromatic rings. The molecular weight excluding hydrogens is 296 g/mol. The van der Waals surface area contributed by atoms with Gasteiger partial charge in [0.1, 0.15) is 0 Å². The van der Waals surface area contributed by atoms with Crippen LogP contribution >= 0.6 is 11.8 Å². The van der Waals surface area contributed by atoms with Crippen molar-refractivity contribution in [1.29, 1.82) is 0 Å². The summed E-state index contributed by atoms with van der Waals surface area (Å²) >= 11 is 1.60. The Balaban J connectivity index is 2.46. The van der Waals surface area contributed by atoms with Crippen molar-refractivity contribution < 1.29 is 14.3 Å². The molecule has 0 fully saturated rings. The van der Waals surface area contributed by atoms with Crippen LogP contribution in [0.3, 0.4) is 0 Å². The molecule has 0 radical (unpaired) electrons. The highest BCUT2D eigenvalue weighted by Crippen LogP contribution is 2.41. The summed E-state index contributed by atoms with van der Waals surface area (Å²) in [5.41, 5.74) is 1.56. The second-order valence-electron chi connectivity index (χ2n) is 4.65. The van der Waals surface area contributed by atoms with Gasteiger partial charge in [-0.1, -0.05) is 49.4 Å². The van der Waals surface area contributed by atoms with E-state index in [1.54, 1.807) is 26.0 Å². The quantitative estimate of drug-likeness (QED) is 0.710. The third-order valence-corrected chi connectivity index (χ3v) is 4.48. The van der Waals surface area contributed by atoms with E-state index in [1.807, 2.05) is 55.5 Å². The van der Waals surface area contributed by atoms with E-state index in [2.05, 4.69) is 0 Å². The number of thioether (sulfide) groups is 1. The third kappa shape index (κ3) is 3.45. The summed E-state index contributed by atoms with van der Waals surface area (Å²) < 4.78 is 10.8. The van der Waals surface area contributed by atoms with E-state index in [4.69, 9.17) is 9.47 Å². The van der Waals surface area contributed by atoms with Crippen LogP contribution in [0.25, 0.3) is 0 Å². The highest BCUT2D eigenvalue weighted by molar-refractivity contribution is 8.00. The van der Waals surface area contributed by atoms with Crippen molar-refractivity contribution in [3.8, 4) is 11.5 Å². The molecule has 0 aliphatic heterocycles. The number of rotatable bonds is 7. The average Bonchev–Trinajstić information content (AvgIpc) is 2.59. The van der Waals surface area contributed by atoms with E-state index in [0.29, 0.717) is 17.1 Å². The maximum Gasteiger partial charge on any atom is 0.180 e. The Labute approximate surface area is 135 Å². The molecule has 3 nitrogen and oxygen atoms in total. The lowest BCUT2D eigenvalue weighted by Crippen LogP contribution is -2.12. The standard InChI is InChI=1S/C18H20O3S/c1-4-22-18(16(19)13-9-6-5-7-10-13)14-11-8-12-15(20-2)17(14)21-3/h5-12,18H,4H2,1-3H3. The predicted molar refractivity (Wildman–Crippen MR) is 91.2 cm³/mol. The highest BCUT2D eigenvalue weighted by atomic mass is 32.2. The molecule has 0 aliphatic rings. The van der Waals surface area contributed by atoms with Gasteiger partial charge in [-0.15, -0.1) is 11.8 Å². The van der Waals surface area contributed by atoms with E-state index in [1.165, 1.54) is 0 Å². The van der Waals surface area contributed by atoms with Gasteiger partial charge in [-0.25, -0.2) is 0 Å². The van der Waals surface area contributed by atoms with Gasteiger partial charge >= 0.3 is 0 Å². The summed E-state index contributed by atoms with van der Waals surface area (Å²) in [5, 5.41) is -0.308. The van der Waals surface area contributed by atoms with Crippen molar-refractivity contribution in [1.82, 2.24) is 0 Å². The van der Waals surface area contributed by atoms with Gasteiger partial charge in [-0.3, -0.25) is 4.79 Å². The zero-order valence-electron chi connectivity index (χ0n) is 13.0. The Morgan fingerprint density at radius 1 is 1.05 bits per heavy atom. The van der Waals surface area contributed by atoms with Crippen LogP contribution in [-0.4, -0.2) is 25.8 Å². The van der Waals surface area contributed by atoms with Crippen molar-refractivity contribution in [2.24, 2.45) is 0 Å². The maximum absolute atomic E-state index is 12.9. The molecule has 22 heavy (non-hydrogen) atoms. The minimum atomic E-state index is -0.308. The fourth-order valence-electron chi connectivity index (χ4n) is 2.35. The highest BCUT2D eigenvalue weighted by Gasteiger charge is 2.26. The van der Waals surface area contributed by atoms with E-state index in [0.717, 1.165) is 11.3 Å². The van der Waals surface area contributed by atoms with Crippen LogP contribution in [0.1, 0.15) is 28.1 Å². The molecule has 2 rings (SSSR count). The van der Waals surface area contributed by atoms with Crippen LogP contribution in [-0.2, 0) is 0 Å². The number of carbonyl (C=O) groups excluding carboxylic acids is 1. The summed E-state index contributed by atoms with van der Waals surface area (Å²) in [4.78, 5) is 12.9. The van der Waals surface area contributed by atoms with E-state index >= 15 is 0 Å². The summed E-state index contributed by atoms with van der Waals surface area (Å²) in [7, 11) is 3.20. The molecule has 1 unspecified atom stereocenters. The Hall–Kier alpha value is -1.94. The fourth-order valence-corrected chi connectivity index (χ4v) is 3.33. The molecule has 4 heteroatoms. The number of ether oxygens (including phenoxy) is 2. The number of benzene rings is 2. The van der Waals surface area contributed by atoms with Crippen LogP contribution in [0.4, 0.5) is 0 Å². The molecule has 0 aliphatic carbocycles.